The summed E-state index contributed by atoms with van der Waals surface area (Å²) in [6.07, 6.45) is 2.42. The van der Waals surface area contributed by atoms with Gasteiger partial charge in [0.05, 0.1) is 10.7 Å². The first-order valence-corrected chi connectivity index (χ1v) is 11.1. The molecular formula is C19H22N4O5S. The lowest BCUT2D eigenvalue weighted by molar-refractivity contribution is -0.385. The quantitative estimate of drug-likeness (QED) is 0.537. The van der Waals surface area contributed by atoms with Gasteiger partial charge in [-0.25, -0.2) is 13.4 Å². The molecule has 0 aliphatic carbocycles. The number of aromatic nitrogens is 1. The van der Waals surface area contributed by atoms with E-state index in [0.717, 1.165) is 5.56 Å². The summed E-state index contributed by atoms with van der Waals surface area (Å²) in [6, 6.07) is 8.12. The first-order chi connectivity index (χ1) is 13.6. The molecule has 0 radical (unpaired) electrons. The van der Waals surface area contributed by atoms with E-state index >= 15 is 0 Å². The second-order valence-electron chi connectivity index (χ2n) is 7.14. The largest absolute Gasteiger partial charge is 0.353 e. The van der Waals surface area contributed by atoms with Crippen molar-refractivity contribution in [2.24, 2.45) is 0 Å². The van der Waals surface area contributed by atoms with Gasteiger partial charge in [0.15, 0.2) is 9.84 Å². The molecule has 0 spiro atoms. The van der Waals surface area contributed by atoms with E-state index in [1.807, 2.05) is 4.90 Å². The second-order valence-corrected chi connectivity index (χ2v) is 9.28. The van der Waals surface area contributed by atoms with Crippen LogP contribution in [0.1, 0.15) is 21.5 Å². The Balaban J connectivity index is 1.63. The van der Waals surface area contributed by atoms with E-state index in [9.17, 15) is 23.3 Å². The topological polar surface area (TPSA) is 114 Å². The maximum atomic E-state index is 12.7. The third kappa shape index (κ3) is 5.08. The van der Waals surface area contributed by atoms with Crippen LogP contribution in [0.4, 0.5) is 11.5 Å². The summed E-state index contributed by atoms with van der Waals surface area (Å²) in [5.41, 5.74) is 1.84. The Kier molecular flexibility index (Phi) is 5.83. The van der Waals surface area contributed by atoms with Crippen molar-refractivity contribution in [1.29, 1.82) is 0 Å². The van der Waals surface area contributed by atoms with Crippen LogP contribution in [0.2, 0.25) is 0 Å². The molecule has 3 rings (SSSR count). The molecule has 29 heavy (non-hydrogen) atoms. The summed E-state index contributed by atoms with van der Waals surface area (Å²) in [5, 5.41) is 10.9. The molecule has 154 valence electrons. The van der Waals surface area contributed by atoms with Gasteiger partial charge in [0, 0.05) is 44.1 Å². The molecule has 2 aromatic rings. The molecule has 2 heterocycles. The van der Waals surface area contributed by atoms with Crippen LogP contribution in [0.5, 0.6) is 0 Å². The molecule has 0 N–H and O–H groups in total. The van der Waals surface area contributed by atoms with Gasteiger partial charge >= 0.3 is 0 Å². The molecule has 1 aromatic carbocycles. The van der Waals surface area contributed by atoms with Gasteiger partial charge in [-0.2, -0.15) is 0 Å². The normalized spacial score (nSPS) is 14.7. The van der Waals surface area contributed by atoms with E-state index in [0.29, 0.717) is 43.1 Å². The SMILES string of the molecule is Cc1cc([N+](=O)[O-])cnc1N1CCN(C(=O)c2ccc(CS(C)(=O)=O)cc2)CC1. The van der Waals surface area contributed by atoms with Crippen LogP contribution in [0, 0.1) is 17.0 Å². The van der Waals surface area contributed by atoms with Gasteiger partial charge in [-0.1, -0.05) is 12.1 Å². The van der Waals surface area contributed by atoms with E-state index in [1.54, 1.807) is 36.1 Å². The number of carbonyl (C=O) groups is 1. The lowest BCUT2D eigenvalue weighted by Crippen LogP contribution is -2.49. The number of nitrogens with zero attached hydrogens (tertiary/aromatic N) is 4. The van der Waals surface area contributed by atoms with Crippen molar-refractivity contribution < 1.29 is 18.1 Å². The lowest BCUT2D eigenvalue weighted by Gasteiger charge is -2.36. The molecular weight excluding hydrogens is 396 g/mol. The number of aryl methyl sites for hydroxylation is 1. The van der Waals surface area contributed by atoms with Gasteiger partial charge in [0.25, 0.3) is 11.6 Å². The van der Waals surface area contributed by atoms with Crippen LogP contribution in [-0.4, -0.2) is 61.6 Å². The standard InChI is InChI=1S/C19H22N4O5S/c1-14-11-17(23(25)26)12-20-18(14)21-7-9-22(10-8-21)19(24)16-5-3-15(4-6-16)13-29(2,27)28/h3-6,11-12H,7-10,13H2,1-2H3. The molecule has 1 aliphatic rings. The number of hydrogen-bond donors (Lipinski definition) is 0. The number of nitro groups is 1. The fourth-order valence-corrected chi connectivity index (χ4v) is 4.13. The summed E-state index contributed by atoms with van der Waals surface area (Å²) < 4.78 is 22.7. The number of rotatable bonds is 5. The highest BCUT2D eigenvalue weighted by Gasteiger charge is 2.24. The zero-order valence-electron chi connectivity index (χ0n) is 16.2. The van der Waals surface area contributed by atoms with Gasteiger partial charge in [-0.15, -0.1) is 0 Å². The Hall–Kier alpha value is -3.01. The Morgan fingerprint density at radius 2 is 1.79 bits per heavy atom. The van der Waals surface area contributed by atoms with E-state index in [1.165, 1.54) is 18.5 Å². The Morgan fingerprint density at radius 1 is 1.17 bits per heavy atom. The minimum absolute atomic E-state index is 0.0422. The van der Waals surface area contributed by atoms with Crippen LogP contribution in [0.25, 0.3) is 0 Å². The van der Waals surface area contributed by atoms with E-state index in [2.05, 4.69) is 4.98 Å². The monoisotopic (exact) mass is 418 g/mol. The summed E-state index contributed by atoms with van der Waals surface area (Å²) in [6.45, 7) is 3.93. The predicted molar refractivity (Wildman–Crippen MR) is 109 cm³/mol. The van der Waals surface area contributed by atoms with E-state index < -0.39 is 14.8 Å². The van der Waals surface area contributed by atoms with Crippen molar-refractivity contribution in [2.75, 3.05) is 37.3 Å². The average molecular weight is 418 g/mol. The number of piperazine rings is 1. The summed E-state index contributed by atoms with van der Waals surface area (Å²) in [4.78, 5) is 31.1. The van der Waals surface area contributed by atoms with Gasteiger partial charge in [-0.3, -0.25) is 14.9 Å². The summed E-state index contributed by atoms with van der Waals surface area (Å²) in [5.74, 6) is 0.527. The first kappa shape index (κ1) is 20.7. The molecule has 1 fully saturated rings. The fourth-order valence-electron chi connectivity index (χ4n) is 3.33. The molecule has 9 nitrogen and oxygen atoms in total. The van der Waals surface area contributed by atoms with Crippen LogP contribution < -0.4 is 4.90 Å². The number of carbonyl (C=O) groups excluding carboxylic acids is 1. The zero-order chi connectivity index (χ0) is 21.2. The maximum absolute atomic E-state index is 12.7. The first-order valence-electron chi connectivity index (χ1n) is 9.06. The molecule has 0 bridgehead atoms. The van der Waals surface area contributed by atoms with Gasteiger partial charge < -0.3 is 9.80 Å². The van der Waals surface area contributed by atoms with Gasteiger partial charge in [0.1, 0.15) is 12.0 Å². The third-order valence-corrected chi connectivity index (χ3v) is 5.60. The highest BCUT2D eigenvalue weighted by atomic mass is 32.2. The summed E-state index contributed by atoms with van der Waals surface area (Å²) >= 11 is 0. The molecule has 1 saturated heterocycles. The minimum Gasteiger partial charge on any atom is -0.353 e. The van der Waals surface area contributed by atoms with Crippen molar-refractivity contribution in [3.63, 3.8) is 0 Å². The van der Waals surface area contributed by atoms with Crippen LogP contribution in [0.15, 0.2) is 36.5 Å². The third-order valence-electron chi connectivity index (χ3n) is 4.74. The summed E-state index contributed by atoms with van der Waals surface area (Å²) in [7, 11) is -3.12. The Labute approximate surface area is 169 Å². The zero-order valence-corrected chi connectivity index (χ0v) is 17.1. The smallest absolute Gasteiger partial charge is 0.287 e. The molecule has 1 aliphatic heterocycles. The number of benzene rings is 1. The van der Waals surface area contributed by atoms with Gasteiger partial charge in [-0.05, 0) is 30.2 Å². The molecule has 1 aromatic heterocycles. The average Bonchev–Trinajstić information content (AvgIpc) is 2.67. The Morgan fingerprint density at radius 3 is 2.31 bits per heavy atom. The number of hydrogen-bond acceptors (Lipinski definition) is 7. The number of sulfone groups is 1. The van der Waals surface area contributed by atoms with Crippen LogP contribution in [0.3, 0.4) is 0 Å². The number of amides is 1. The van der Waals surface area contributed by atoms with Crippen molar-refractivity contribution in [1.82, 2.24) is 9.88 Å². The second kappa shape index (κ2) is 8.16. The molecule has 0 atom stereocenters. The van der Waals surface area contributed by atoms with Crippen molar-refractivity contribution in [2.45, 2.75) is 12.7 Å². The minimum atomic E-state index is -3.12. The van der Waals surface area contributed by atoms with Crippen molar-refractivity contribution >= 4 is 27.2 Å². The van der Waals surface area contributed by atoms with E-state index in [4.69, 9.17) is 0 Å². The van der Waals surface area contributed by atoms with Crippen molar-refractivity contribution in [3.05, 3.63) is 63.3 Å². The lowest BCUT2D eigenvalue weighted by atomic mass is 10.1. The van der Waals surface area contributed by atoms with Crippen LogP contribution in [-0.2, 0) is 15.6 Å². The maximum Gasteiger partial charge on any atom is 0.287 e. The number of pyridine rings is 1. The fraction of sp³-hybridized carbons (Fsp3) is 0.368. The highest BCUT2D eigenvalue weighted by Crippen LogP contribution is 2.23. The molecule has 1 amide bonds. The molecule has 0 unspecified atom stereocenters. The predicted octanol–water partition coefficient (Wildman–Crippen LogP) is 1.81. The highest BCUT2D eigenvalue weighted by molar-refractivity contribution is 7.89. The molecule has 0 saturated carbocycles. The van der Waals surface area contributed by atoms with Crippen LogP contribution >= 0.6 is 0 Å². The van der Waals surface area contributed by atoms with Crippen molar-refractivity contribution in [3.8, 4) is 0 Å². The number of anilines is 1. The Bertz CT molecular complexity index is 1030. The van der Waals surface area contributed by atoms with Gasteiger partial charge in [0.2, 0.25) is 0 Å². The van der Waals surface area contributed by atoms with E-state index in [-0.39, 0.29) is 17.3 Å². The molecule has 10 heteroatoms.